The van der Waals surface area contributed by atoms with E-state index in [-0.39, 0.29) is 6.54 Å². The number of amides is 2. The highest BCUT2D eigenvalue weighted by atomic mass is 16.5. The van der Waals surface area contributed by atoms with Gasteiger partial charge in [0.2, 0.25) is 0 Å². The van der Waals surface area contributed by atoms with E-state index >= 15 is 0 Å². The molecular formula is C26H28N6O3. The number of fused-ring (bicyclic) bond motifs is 1. The number of pyridine rings is 1. The van der Waals surface area contributed by atoms with Crippen LogP contribution in [0.3, 0.4) is 0 Å². The van der Waals surface area contributed by atoms with Crippen molar-refractivity contribution in [1.29, 1.82) is 0 Å². The molecule has 0 saturated carbocycles. The summed E-state index contributed by atoms with van der Waals surface area (Å²) in [5.74, 6) is -0.888. The third-order valence-electron chi connectivity index (χ3n) is 5.37. The van der Waals surface area contributed by atoms with Gasteiger partial charge in [0.15, 0.2) is 0 Å². The van der Waals surface area contributed by atoms with Crippen molar-refractivity contribution < 1.29 is 14.3 Å². The van der Waals surface area contributed by atoms with E-state index in [1.807, 2.05) is 55.2 Å². The van der Waals surface area contributed by atoms with Crippen LogP contribution in [0.5, 0.6) is 5.75 Å². The molecule has 0 atom stereocenters. The van der Waals surface area contributed by atoms with Crippen LogP contribution < -0.4 is 15.4 Å². The Bertz CT molecular complexity index is 1300. The van der Waals surface area contributed by atoms with Gasteiger partial charge in [-0.15, -0.1) is 0 Å². The molecule has 2 amide bonds. The average molecular weight is 473 g/mol. The highest BCUT2D eigenvalue weighted by Gasteiger charge is 2.15. The number of carbonyl (C=O) groups excluding carboxylic acids is 2. The van der Waals surface area contributed by atoms with Gasteiger partial charge in [-0.3, -0.25) is 14.6 Å². The Labute approximate surface area is 203 Å². The summed E-state index contributed by atoms with van der Waals surface area (Å²) in [6.07, 6.45) is 5.91. The largest absolute Gasteiger partial charge is 0.492 e. The van der Waals surface area contributed by atoms with Crippen LogP contribution >= 0.6 is 0 Å². The van der Waals surface area contributed by atoms with E-state index in [0.29, 0.717) is 18.0 Å². The molecule has 0 unspecified atom stereocenters. The van der Waals surface area contributed by atoms with Crippen LogP contribution in [0.25, 0.3) is 16.6 Å². The van der Waals surface area contributed by atoms with Crippen LogP contribution in [0.15, 0.2) is 73.2 Å². The zero-order valence-electron chi connectivity index (χ0n) is 19.8. The van der Waals surface area contributed by atoms with Crippen molar-refractivity contribution in [2.45, 2.75) is 13.0 Å². The first-order valence-electron chi connectivity index (χ1n) is 11.3. The van der Waals surface area contributed by atoms with Crippen molar-refractivity contribution in [3.05, 3.63) is 78.8 Å². The SMILES string of the molecule is CN(C)CCCOc1cnccc1CNC(=O)C(=O)Nc1ccc(-n2ncc3ccccc32)cc1. The number of benzene rings is 2. The molecule has 2 heterocycles. The first-order valence-corrected chi connectivity index (χ1v) is 11.3. The summed E-state index contributed by atoms with van der Waals surface area (Å²) in [6.45, 7) is 1.60. The average Bonchev–Trinajstić information content (AvgIpc) is 3.30. The van der Waals surface area contributed by atoms with Crippen molar-refractivity contribution in [2.75, 3.05) is 32.6 Å². The number of anilines is 1. The van der Waals surface area contributed by atoms with E-state index in [2.05, 4.69) is 25.6 Å². The second-order valence-electron chi connectivity index (χ2n) is 8.29. The van der Waals surface area contributed by atoms with Gasteiger partial charge in [-0.1, -0.05) is 18.2 Å². The van der Waals surface area contributed by atoms with Gasteiger partial charge in [0.25, 0.3) is 0 Å². The minimum absolute atomic E-state index is 0.156. The van der Waals surface area contributed by atoms with Gasteiger partial charge in [-0.25, -0.2) is 4.68 Å². The Hall–Kier alpha value is -4.24. The van der Waals surface area contributed by atoms with Gasteiger partial charge >= 0.3 is 11.8 Å². The van der Waals surface area contributed by atoms with Crippen molar-refractivity contribution in [1.82, 2.24) is 25.0 Å². The monoisotopic (exact) mass is 472 g/mol. The molecule has 0 aliphatic rings. The first kappa shape index (κ1) is 23.9. The minimum atomic E-state index is -0.746. The Kier molecular flexibility index (Phi) is 7.69. The molecule has 2 aromatic carbocycles. The maximum atomic E-state index is 12.4. The standard InChI is InChI=1S/C26H28N6O3/c1-31(2)14-5-15-35-24-18-27-13-12-20(24)16-28-25(33)26(34)30-21-8-10-22(11-9-21)32-23-7-4-3-6-19(23)17-29-32/h3-4,6-13,17-18H,5,14-16H2,1-2H3,(H,28,33)(H,30,34). The third kappa shape index (κ3) is 6.21. The van der Waals surface area contributed by atoms with Crippen LogP contribution in [0, 0.1) is 0 Å². The predicted octanol–water partition coefficient (Wildman–Crippen LogP) is 3.01. The maximum absolute atomic E-state index is 12.4. The molecule has 0 saturated heterocycles. The Balaban J connectivity index is 1.31. The van der Waals surface area contributed by atoms with Crippen LogP contribution in [-0.4, -0.2) is 58.7 Å². The van der Waals surface area contributed by atoms with Crippen LogP contribution in [0.1, 0.15) is 12.0 Å². The number of aromatic nitrogens is 3. The molecule has 2 N–H and O–H groups in total. The number of rotatable bonds is 9. The number of para-hydroxylation sites is 1. The molecule has 2 aromatic heterocycles. The molecular weight excluding hydrogens is 444 g/mol. The van der Waals surface area contributed by atoms with Gasteiger partial charge in [-0.2, -0.15) is 5.10 Å². The van der Waals surface area contributed by atoms with Crippen LogP contribution in [-0.2, 0) is 16.1 Å². The second kappa shape index (κ2) is 11.3. The molecule has 0 spiro atoms. The lowest BCUT2D eigenvalue weighted by molar-refractivity contribution is -0.136. The first-order chi connectivity index (χ1) is 17.0. The number of hydrogen-bond acceptors (Lipinski definition) is 6. The summed E-state index contributed by atoms with van der Waals surface area (Å²) in [4.78, 5) is 30.9. The number of hydrogen-bond donors (Lipinski definition) is 2. The van der Waals surface area contributed by atoms with Gasteiger partial charge in [0.1, 0.15) is 5.75 Å². The number of ether oxygens (including phenoxy) is 1. The van der Waals surface area contributed by atoms with Crippen molar-refractivity contribution in [2.24, 2.45) is 0 Å². The van der Waals surface area contributed by atoms with E-state index in [1.165, 1.54) is 0 Å². The zero-order chi connectivity index (χ0) is 24.6. The summed E-state index contributed by atoms with van der Waals surface area (Å²) in [5, 5.41) is 10.7. The minimum Gasteiger partial charge on any atom is -0.492 e. The number of nitrogens with one attached hydrogen (secondary N) is 2. The van der Waals surface area contributed by atoms with E-state index in [4.69, 9.17) is 4.74 Å². The molecule has 35 heavy (non-hydrogen) atoms. The topological polar surface area (TPSA) is 101 Å². The summed E-state index contributed by atoms with van der Waals surface area (Å²) in [5.41, 5.74) is 3.10. The highest BCUT2D eigenvalue weighted by Crippen LogP contribution is 2.20. The van der Waals surface area contributed by atoms with Gasteiger partial charge in [0, 0.05) is 35.9 Å². The molecule has 0 aliphatic carbocycles. The molecule has 9 nitrogen and oxygen atoms in total. The van der Waals surface area contributed by atoms with Gasteiger partial charge in [0.05, 0.1) is 30.2 Å². The van der Waals surface area contributed by atoms with E-state index in [9.17, 15) is 9.59 Å². The molecule has 4 rings (SSSR count). The fourth-order valence-corrected chi connectivity index (χ4v) is 3.55. The van der Waals surface area contributed by atoms with E-state index in [1.54, 1.807) is 36.8 Å². The Morgan fingerprint density at radius 2 is 1.80 bits per heavy atom. The lowest BCUT2D eigenvalue weighted by Crippen LogP contribution is -2.35. The summed E-state index contributed by atoms with van der Waals surface area (Å²) < 4.78 is 7.62. The lowest BCUT2D eigenvalue weighted by Gasteiger charge is -2.13. The maximum Gasteiger partial charge on any atom is 0.313 e. The highest BCUT2D eigenvalue weighted by molar-refractivity contribution is 6.39. The quantitative estimate of drug-likeness (QED) is 0.287. The fourth-order valence-electron chi connectivity index (χ4n) is 3.55. The molecule has 4 aromatic rings. The van der Waals surface area contributed by atoms with Crippen molar-refractivity contribution in [3.8, 4) is 11.4 Å². The van der Waals surface area contributed by atoms with Crippen LogP contribution in [0.2, 0.25) is 0 Å². The normalized spacial score (nSPS) is 10.9. The smallest absolute Gasteiger partial charge is 0.313 e. The molecule has 180 valence electrons. The van der Waals surface area contributed by atoms with E-state index < -0.39 is 11.8 Å². The molecule has 0 fully saturated rings. The van der Waals surface area contributed by atoms with Crippen LogP contribution in [0.4, 0.5) is 5.69 Å². The summed E-state index contributed by atoms with van der Waals surface area (Å²) in [6, 6.07) is 16.8. The van der Waals surface area contributed by atoms with E-state index in [0.717, 1.165) is 35.1 Å². The summed E-state index contributed by atoms with van der Waals surface area (Å²) >= 11 is 0. The molecule has 0 aliphatic heterocycles. The van der Waals surface area contributed by atoms with Gasteiger partial charge < -0.3 is 20.3 Å². The number of carbonyl (C=O) groups is 2. The third-order valence-corrected chi connectivity index (χ3v) is 5.37. The predicted molar refractivity (Wildman–Crippen MR) is 134 cm³/mol. The lowest BCUT2D eigenvalue weighted by atomic mass is 10.2. The number of nitrogens with zero attached hydrogens (tertiary/aromatic N) is 4. The van der Waals surface area contributed by atoms with Crippen molar-refractivity contribution in [3.63, 3.8) is 0 Å². The Morgan fingerprint density at radius 3 is 2.60 bits per heavy atom. The van der Waals surface area contributed by atoms with Gasteiger partial charge in [-0.05, 0) is 56.9 Å². The molecule has 9 heteroatoms. The zero-order valence-corrected chi connectivity index (χ0v) is 19.8. The van der Waals surface area contributed by atoms with Crippen molar-refractivity contribution >= 4 is 28.4 Å². The fraction of sp³-hybridized carbons (Fsp3) is 0.231. The Morgan fingerprint density at radius 1 is 1.00 bits per heavy atom. The second-order valence-corrected chi connectivity index (χ2v) is 8.29. The molecule has 0 bridgehead atoms. The summed E-state index contributed by atoms with van der Waals surface area (Å²) in [7, 11) is 4.01. The molecule has 0 radical (unpaired) electrons.